The molecule has 1 aliphatic rings. The lowest BCUT2D eigenvalue weighted by Crippen LogP contribution is -2.45. The first-order chi connectivity index (χ1) is 15.8. The van der Waals surface area contributed by atoms with Crippen LogP contribution in [-0.2, 0) is 15.9 Å². The van der Waals surface area contributed by atoms with Gasteiger partial charge in [-0.05, 0) is 94.3 Å². The predicted octanol–water partition coefficient (Wildman–Crippen LogP) is 6.70. The van der Waals surface area contributed by atoms with Crippen molar-refractivity contribution in [2.45, 2.75) is 72.9 Å². The minimum Gasteiger partial charge on any atom is -0.480 e. The third kappa shape index (κ3) is 6.16. The highest BCUT2D eigenvalue weighted by molar-refractivity contribution is 5.96. The molecule has 0 aliphatic carbocycles. The smallest absolute Gasteiger partial charge is 0.212 e. The van der Waals surface area contributed by atoms with Gasteiger partial charge in [-0.2, -0.15) is 0 Å². The van der Waals surface area contributed by atoms with E-state index in [1.54, 1.807) is 0 Å². The molecule has 0 amide bonds. The highest BCUT2D eigenvalue weighted by Gasteiger charge is 2.40. The lowest BCUT2D eigenvalue weighted by Gasteiger charge is -2.34. The van der Waals surface area contributed by atoms with Gasteiger partial charge in [-0.1, -0.05) is 32.0 Å². The molecule has 0 aromatic heterocycles. The van der Waals surface area contributed by atoms with Gasteiger partial charge in [0.1, 0.15) is 23.1 Å². The van der Waals surface area contributed by atoms with Crippen LogP contribution in [0.25, 0.3) is 0 Å². The van der Waals surface area contributed by atoms with Crippen molar-refractivity contribution in [3.63, 3.8) is 0 Å². The van der Waals surface area contributed by atoms with Crippen LogP contribution in [-0.4, -0.2) is 36.6 Å². The zero-order chi connectivity index (χ0) is 24.0. The fraction of sp³-hybridized carbons (Fsp3) is 0.500. The lowest BCUT2D eigenvalue weighted by molar-refractivity contribution is 0.256. The normalized spacial score (nSPS) is 20.3. The van der Waals surface area contributed by atoms with Gasteiger partial charge in [-0.15, -0.1) is 0 Å². The van der Waals surface area contributed by atoms with Gasteiger partial charge < -0.3 is 14.2 Å². The molecule has 5 heteroatoms. The molecule has 5 nitrogen and oxygen atoms in total. The fourth-order valence-electron chi connectivity index (χ4n) is 4.08. The molecule has 0 radical (unpaired) electrons. The Balaban J connectivity index is 1.78. The molecule has 0 spiro atoms. The van der Waals surface area contributed by atoms with Gasteiger partial charge in [0.15, 0.2) is 0 Å². The summed E-state index contributed by atoms with van der Waals surface area (Å²) >= 11 is 0. The molecule has 0 bridgehead atoms. The summed E-state index contributed by atoms with van der Waals surface area (Å²) in [4.78, 5) is 9.99. The van der Waals surface area contributed by atoms with Crippen LogP contribution in [0.5, 0.6) is 11.5 Å². The molecule has 0 saturated carbocycles. The molecule has 1 heterocycles. The van der Waals surface area contributed by atoms with E-state index in [0.29, 0.717) is 25.0 Å². The Labute approximate surface area is 198 Å². The van der Waals surface area contributed by atoms with E-state index in [1.807, 2.05) is 38.1 Å². The molecule has 0 unspecified atom stereocenters. The summed E-state index contributed by atoms with van der Waals surface area (Å²) in [6, 6.07) is 14.3. The average Bonchev–Trinajstić information content (AvgIpc) is 2.75. The Morgan fingerprint density at radius 3 is 2.33 bits per heavy atom. The SMILES string of the molecule is CCOC1=N[C@](C)(CCc2ccc(Oc3cccc(C)c3)cc2C)C(OCC)=N[C@H]1C(C)C. The minimum absolute atomic E-state index is 0.0978. The Bertz CT molecular complexity index is 1010. The van der Waals surface area contributed by atoms with E-state index in [0.717, 1.165) is 30.2 Å². The minimum atomic E-state index is -0.547. The Kier molecular flexibility index (Phi) is 8.17. The molecule has 0 N–H and O–H groups in total. The molecule has 33 heavy (non-hydrogen) atoms. The third-order valence-electron chi connectivity index (χ3n) is 5.95. The van der Waals surface area contributed by atoms with Crippen molar-refractivity contribution in [3.05, 3.63) is 59.2 Å². The molecule has 2 aromatic carbocycles. The summed E-state index contributed by atoms with van der Waals surface area (Å²) in [5, 5.41) is 0. The van der Waals surface area contributed by atoms with Crippen molar-refractivity contribution in [1.29, 1.82) is 0 Å². The second-order valence-corrected chi connectivity index (χ2v) is 9.22. The van der Waals surface area contributed by atoms with Crippen LogP contribution in [0.15, 0.2) is 52.4 Å². The average molecular weight is 451 g/mol. The van der Waals surface area contributed by atoms with Gasteiger partial charge in [0.2, 0.25) is 11.8 Å². The van der Waals surface area contributed by atoms with Crippen molar-refractivity contribution in [1.82, 2.24) is 0 Å². The van der Waals surface area contributed by atoms with Crippen LogP contribution in [0.3, 0.4) is 0 Å². The second-order valence-electron chi connectivity index (χ2n) is 9.22. The summed E-state index contributed by atoms with van der Waals surface area (Å²) in [6.07, 6.45) is 1.64. The van der Waals surface area contributed by atoms with Crippen LogP contribution in [0.2, 0.25) is 0 Å². The zero-order valence-corrected chi connectivity index (χ0v) is 21.1. The lowest BCUT2D eigenvalue weighted by atomic mass is 9.89. The molecular weight excluding hydrogens is 412 g/mol. The first kappa shape index (κ1) is 24.8. The highest BCUT2D eigenvalue weighted by Crippen LogP contribution is 2.31. The van der Waals surface area contributed by atoms with Crippen LogP contribution in [0.4, 0.5) is 0 Å². The van der Waals surface area contributed by atoms with E-state index in [2.05, 4.69) is 52.8 Å². The van der Waals surface area contributed by atoms with Crippen molar-refractivity contribution < 1.29 is 14.2 Å². The largest absolute Gasteiger partial charge is 0.480 e. The van der Waals surface area contributed by atoms with Crippen molar-refractivity contribution in [3.8, 4) is 11.5 Å². The predicted molar refractivity (Wildman–Crippen MR) is 136 cm³/mol. The summed E-state index contributed by atoms with van der Waals surface area (Å²) < 4.78 is 17.9. The topological polar surface area (TPSA) is 52.4 Å². The van der Waals surface area contributed by atoms with E-state index >= 15 is 0 Å². The molecule has 0 saturated heterocycles. The second kappa shape index (κ2) is 10.9. The maximum atomic E-state index is 6.06. The maximum absolute atomic E-state index is 6.06. The first-order valence-electron chi connectivity index (χ1n) is 12.0. The number of aliphatic imine (C=N–C) groups is 2. The van der Waals surface area contributed by atoms with Crippen molar-refractivity contribution >= 4 is 11.8 Å². The van der Waals surface area contributed by atoms with E-state index in [-0.39, 0.29) is 6.04 Å². The number of nitrogens with zero attached hydrogens (tertiary/aromatic N) is 2. The molecule has 2 aromatic rings. The molecule has 1 aliphatic heterocycles. The summed E-state index contributed by atoms with van der Waals surface area (Å²) in [5.41, 5.74) is 3.10. The van der Waals surface area contributed by atoms with Gasteiger partial charge in [0.05, 0.1) is 13.2 Å². The fourth-order valence-corrected chi connectivity index (χ4v) is 4.08. The third-order valence-corrected chi connectivity index (χ3v) is 5.95. The molecule has 2 atom stereocenters. The monoisotopic (exact) mass is 450 g/mol. The van der Waals surface area contributed by atoms with E-state index in [9.17, 15) is 0 Å². The van der Waals surface area contributed by atoms with Gasteiger partial charge in [-0.25, -0.2) is 9.98 Å². The highest BCUT2D eigenvalue weighted by atomic mass is 16.5. The number of rotatable bonds is 8. The number of hydrogen-bond acceptors (Lipinski definition) is 5. The number of aryl methyl sites for hydroxylation is 3. The number of ether oxygens (including phenoxy) is 3. The number of hydrogen-bond donors (Lipinski definition) is 0. The molecule has 3 rings (SSSR count). The van der Waals surface area contributed by atoms with E-state index in [1.165, 1.54) is 16.7 Å². The Morgan fingerprint density at radius 1 is 0.970 bits per heavy atom. The zero-order valence-electron chi connectivity index (χ0n) is 21.1. The van der Waals surface area contributed by atoms with Gasteiger partial charge in [0.25, 0.3) is 0 Å². The summed E-state index contributed by atoms with van der Waals surface area (Å²) in [6.45, 7) is 15.7. The molecular formula is C28H38N2O3. The van der Waals surface area contributed by atoms with Gasteiger partial charge >= 0.3 is 0 Å². The van der Waals surface area contributed by atoms with Crippen molar-refractivity contribution in [2.24, 2.45) is 15.9 Å². The van der Waals surface area contributed by atoms with Gasteiger partial charge in [0, 0.05) is 0 Å². The summed E-state index contributed by atoms with van der Waals surface area (Å²) in [5.74, 6) is 3.42. The van der Waals surface area contributed by atoms with E-state index < -0.39 is 5.54 Å². The van der Waals surface area contributed by atoms with Crippen LogP contribution in [0.1, 0.15) is 57.7 Å². The maximum Gasteiger partial charge on any atom is 0.212 e. The van der Waals surface area contributed by atoms with Crippen LogP contribution < -0.4 is 4.74 Å². The van der Waals surface area contributed by atoms with Crippen LogP contribution in [0, 0.1) is 19.8 Å². The first-order valence-corrected chi connectivity index (χ1v) is 12.0. The standard InChI is InChI=1S/C28H38N2O3/c1-8-31-26-25(19(3)4)29-27(32-9-2)28(7,30-26)16-15-22-13-14-24(18-21(22)6)33-23-12-10-11-20(5)17-23/h10-14,17-19,25H,8-9,15-16H2,1-7H3/t25-,28+/m0/s1. The Hall–Kier alpha value is -2.82. The Morgan fingerprint density at radius 2 is 1.70 bits per heavy atom. The van der Waals surface area contributed by atoms with Crippen molar-refractivity contribution in [2.75, 3.05) is 13.2 Å². The van der Waals surface area contributed by atoms with Gasteiger partial charge in [-0.3, -0.25) is 0 Å². The molecule has 178 valence electrons. The molecule has 0 fully saturated rings. The van der Waals surface area contributed by atoms with E-state index in [4.69, 9.17) is 24.2 Å². The number of benzene rings is 2. The van der Waals surface area contributed by atoms with Crippen LogP contribution >= 0.6 is 0 Å². The quantitative estimate of drug-likeness (QED) is 0.450. The summed E-state index contributed by atoms with van der Waals surface area (Å²) in [7, 11) is 0.